The average molecular weight is 585 g/mol. The molecule has 1 N–H and O–H groups in total. The average Bonchev–Trinajstić information content (AvgIpc) is 3.36. The maximum Gasteiger partial charge on any atom is 0.410 e. The van der Waals surface area contributed by atoms with E-state index in [0.717, 1.165) is 27.7 Å². The molecular formula is C34H37FN4O4. The maximum absolute atomic E-state index is 14.0. The van der Waals surface area contributed by atoms with Gasteiger partial charge >= 0.3 is 6.09 Å². The van der Waals surface area contributed by atoms with E-state index in [-0.39, 0.29) is 29.9 Å². The summed E-state index contributed by atoms with van der Waals surface area (Å²) >= 11 is 0. The zero-order valence-corrected chi connectivity index (χ0v) is 25.3. The second-order valence-corrected chi connectivity index (χ2v) is 12.0. The standard InChI is InChI=1S/C34H37FN4O4/c1-21-19-38(20-22(2)39(21)33(41)43-34(3,4)5)32(40)24-10-7-23(8-11-24)9-14-30-29-13-12-25(17-31(29)37-36-30)26-15-27(35)18-28(16-26)42-6/h7-18,21-22H,19-20H2,1-6H3,(H,36,37)/b14-9+/t21-,22+. The van der Waals surface area contributed by atoms with Crippen LogP contribution in [0.1, 0.15) is 56.2 Å². The van der Waals surface area contributed by atoms with Crippen molar-refractivity contribution in [1.29, 1.82) is 0 Å². The predicted molar refractivity (Wildman–Crippen MR) is 166 cm³/mol. The molecule has 2 heterocycles. The fourth-order valence-electron chi connectivity index (χ4n) is 5.45. The van der Waals surface area contributed by atoms with Gasteiger partial charge in [0, 0.05) is 30.1 Å². The number of aromatic amines is 1. The smallest absolute Gasteiger partial charge is 0.410 e. The molecule has 1 aliphatic heterocycles. The first-order valence-electron chi connectivity index (χ1n) is 14.3. The quantitative estimate of drug-likeness (QED) is 0.272. The summed E-state index contributed by atoms with van der Waals surface area (Å²) in [5, 5.41) is 8.44. The van der Waals surface area contributed by atoms with Crippen LogP contribution < -0.4 is 4.74 Å². The number of methoxy groups -OCH3 is 1. The van der Waals surface area contributed by atoms with Gasteiger partial charge in [-0.2, -0.15) is 5.10 Å². The first-order valence-corrected chi connectivity index (χ1v) is 14.3. The largest absolute Gasteiger partial charge is 0.497 e. The van der Waals surface area contributed by atoms with Gasteiger partial charge in [0.1, 0.15) is 17.2 Å². The van der Waals surface area contributed by atoms with Crippen LogP contribution in [0.2, 0.25) is 0 Å². The van der Waals surface area contributed by atoms with Crippen molar-refractivity contribution >= 4 is 35.1 Å². The molecule has 9 heteroatoms. The Kier molecular flexibility index (Phi) is 8.26. The van der Waals surface area contributed by atoms with Crippen molar-refractivity contribution in [1.82, 2.24) is 20.0 Å². The number of H-pyrrole nitrogens is 1. The molecule has 0 radical (unpaired) electrons. The number of halogens is 1. The molecular weight excluding hydrogens is 547 g/mol. The Hall–Kier alpha value is -4.66. The van der Waals surface area contributed by atoms with Crippen LogP contribution in [0, 0.1) is 5.82 Å². The first kappa shape index (κ1) is 29.8. The minimum Gasteiger partial charge on any atom is -0.497 e. The van der Waals surface area contributed by atoms with Gasteiger partial charge in [-0.3, -0.25) is 14.8 Å². The summed E-state index contributed by atoms with van der Waals surface area (Å²) in [5.74, 6) is 0.0318. The highest BCUT2D eigenvalue weighted by Crippen LogP contribution is 2.29. The third-order valence-electron chi connectivity index (χ3n) is 7.43. The highest BCUT2D eigenvalue weighted by Gasteiger charge is 2.37. The number of amides is 2. The Morgan fingerprint density at radius 3 is 2.30 bits per heavy atom. The Labute approximate surface area is 251 Å². The van der Waals surface area contributed by atoms with Crippen LogP contribution in [0.25, 0.3) is 34.2 Å². The minimum atomic E-state index is -0.577. The highest BCUT2D eigenvalue weighted by molar-refractivity contribution is 5.95. The van der Waals surface area contributed by atoms with E-state index in [2.05, 4.69) is 10.2 Å². The van der Waals surface area contributed by atoms with Gasteiger partial charge in [0.2, 0.25) is 0 Å². The Morgan fingerprint density at radius 1 is 0.953 bits per heavy atom. The molecule has 43 heavy (non-hydrogen) atoms. The van der Waals surface area contributed by atoms with Gasteiger partial charge in [0.05, 0.1) is 30.4 Å². The summed E-state index contributed by atoms with van der Waals surface area (Å²) in [7, 11) is 1.51. The normalized spacial score (nSPS) is 17.5. The SMILES string of the molecule is COc1cc(F)cc(-c2ccc3c(/C=C/c4ccc(C(=O)N5C[C@@H](C)N(C(=O)OC(C)(C)C)[C@@H](C)C5)cc4)n[nH]c3c2)c1. The van der Waals surface area contributed by atoms with Crippen molar-refractivity contribution in [3.05, 3.63) is 83.3 Å². The Balaban J connectivity index is 1.25. The number of hydrogen-bond acceptors (Lipinski definition) is 5. The van der Waals surface area contributed by atoms with Crippen molar-refractivity contribution in [2.45, 2.75) is 52.3 Å². The van der Waals surface area contributed by atoms with E-state index in [9.17, 15) is 14.0 Å². The molecule has 1 aromatic heterocycles. The van der Waals surface area contributed by atoms with E-state index >= 15 is 0 Å². The summed E-state index contributed by atoms with van der Waals surface area (Å²) in [4.78, 5) is 29.5. The molecule has 0 saturated carbocycles. The monoisotopic (exact) mass is 584 g/mol. The lowest BCUT2D eigenvalue weighted by Gasteiger charge is -2.44. The van der Waals surface area contributed by atoms with Gasteiger partial charge in [-0.25, -0.2) is 9.18 Å². The number of carbonyl (C=O) groups is 2. The second-order valence-electron chi connectivity index (χ2n) is 12.0. The summed E-state index contributed by atoms with van der Waals surface area (Å²) < 4.78 is 24.8. The van der Waals surface area contributed by atoms with Crippen molar-refractivity contribution in [3.8, 4) is 16.9 Å². The minimum absolute atomic E-state index is 0.0666. The molecule has 5 rings (SSSR count). The zero-order chi connectivity index (χ0) is 30.9. The fourth-order valence-corrected chi connectivity index (χ4v) is 5.45. The van der Waals surface area contributed by atoms with E-state index < -0.39 is 5.60 Å². The van der Waals surface area contributed by atoms with Crippen LogP contribution in [-0.4, -0.2) is 69.9 Å². The summed E-state index contributed by atoms with van der Waals surface area (Å²) in [6.07, 6.45) is 3.51. The van der Waals surface area contributed by atoms with Crippen LogP contribution in [0.3, 0.4) is 0 Å². The molecule has 3 aromatic carbocycles. The van der Waals surface area contributed by atoms with Gasteiger partial charge < -0.3 is 14.4 Å². The highest BCUT2D eigenvalue weighted by atomic mass is 19.1. The molecule has 4 aromatic rings. The molecule has 224 valence electrons. The number of piperazine rings is 1. The molecule has 1 aliphatic rings. The van der Waals surface area contributed by atoms with E-state index in [1.54, 1.807) is 15.9 Å². The molecule has 0 aliphatic carbocycles. The molecule has 1 fully saturated rings. The van der Waals surface area contributed by atoms with Crippen LogP contribution in [-0.2, 0) is 4.74 Å². The number of ether oxygens (including phenoxy) is 2. The van der Waals surface area contributed by atoms with Crippen molar-refractivity contribution < 1.29 is 23.5 Å². The number of benzene rings is 3. The maximum atomic E-state index is 14.0. The molecule has 2 atom stereocenters. The van der Waals surface area contributed by atoms with Gasteiger partial charge in [0.25, 0.3) is 5.91 Å². The summed E-state index contributed by atoms with van der Waals surface area (Å²) in [6.45, 7) is 10.3. The van der Waals surface area contributed by atoms with Gasteiger partial charge in [-0.05, 0) is 93.8 Å². The predicted octanol–water partition coefficient (Wildman–Crippen LogP) is 7.02. The molecule has 0 unspecified atom stereocenters. The third-order valence-corrected chi connectivity index (χ3v) is 7.43. The van der Waals surface area contributed by atoms with E-state index in [1.807, 2.05) is 89.2 Å². The first-order chi connectivity index (χ1) is 20.4. The number of aromatic nitrogens is 2. The van der Waals surface area contributed by atoms with Crippen LogP contribution >= 0.6 is 0 Å². The second kappa shape index (κ2) is 11.9. The van der Waals surface area contributed by atoms with E-state index in [1.165, 1.54) is 19.2 Å². The lowest BCUT2D eigenvalue weighted by atomic mass is 10.0. The number of fused-ring (bicyclic) bond motifs is 1. The third kappa shape index (κ3) is 6.71. The summed E-state index contributed by atoms with van der Waals surface area (Å²) in [6, 6.07) is 17.5. The van der Waals surface area contributed by atoms with Gasteiger partial charge in [-0.1, -0.05) is 24.3 Å². The van der Waals surface area contributed by atoms with Crippen LogP contribution in [0.5, 0.6) is 5.75 Å². The number of rotatable bonds is 5. The van der Waals surface area contributed by atoms with Gasteiger partial charge in [-0.15, -0.1) is 0 Å². The topological polar surface area (TPSA) is 87.8 Å². The molecule has 2 amide bonds. The lowest BCUT2D eigenvalue weighted by molar-refractivity contribution is -0.0129. The van der Waals surface area contributed by atoms with E-state index in [4.69, 9.17) is 9.47 Å². The summed E-state index contributed by atoms with van der Waals surface area (Å²) in [5.41, 5.74) is 4.10. The Bertz CT molecular complexity index is 1660. The molecule has 0 spiro atoms. The van der Waals surface area contributed by atoms with Crippen molar-refractivity contribution in [3.63, 3.8) is 0 Å². The number of nitrogens with zero attached hydrogens (tertiary/aromatic N) is 3. The zero-order valence-electron chi connectivity index (χ0n) is 25.3. The fraction of sp³-hybridized carbons (Fsp3) is 0.324. The molecule has 0 bridgehead atoms. The lowest BCUT2D eigenvalue weighted by Crippen LogP contribution is -2.60. The van der Waals surface area contributed by atoms with Gasteiger partial charge in [0.15, 0.2) is 0 Å². The molecule has 1 saturated heterocycles. The number of nitrogens with one attached hydrogen (secondary N) is 1. The number of hydrogen-bond donors (Lipinski definition) is 1. The molecule has 8 nitrogen and oxygen atoms in total. The number of carbonyl (C=O) groups excluding carboxylic acids is 2. The Morgan fingerprint density at radius 2 is 1.65 bits per heavy atom. The van der Waals surface area contributed by atoms with Crippen molar-refractivity contribution in [2.24, 2.45) is 0 Å². The van der Waals surface area contributed by atoms with Crippen LogP contribution in [0.4, 0.5) is 9.18 Å². The van der Waals surface area contributed by atoms with Crippen molar-refractivity contribution in [2.75, 3.05) is 20.2 Å². The van der Waals surface area contributed by atoms with E-state index in [0.29, 0.717) is 30.0 Å². The van der Waals surface area contributed by atoms with Crippen LogP contribution in [0.15, 0.2) is 60.7 Å².